The van der Waals surface area contributed by atoms with Crippen molar-refractivity contribution in [3.63, 3.8) is 0 Å². The van der Waals surface area contributed by atoms with Gasteiger partial charge in [-0.3, -0.25) is 4.79 Å². The van der Waals surface area contributed by atoms with Gasteiger partial charge in [-0.15, -0.1) is 0 Å². The van der Waals surface area contributed by atoms with Gasteiger partial charge < -0.3 is 9.64 Å². The number of nitrogens with zero attached hydrogens (tertiary/aromatic N) is 1. The minimum absolute atomic E-state index is 0.156. The monoisotopic (exact) mass is 252 g/mol. The lowest BCUT2D eigenvalue weighted by molar-refractivity contribution is -0.196. The Hall–Kier alpha value is -0.780. The van der Waals surface area contributed by atoms with E-state index in [-0.39, 0.29) is 6.54 Å². The van der Waals surface area contributed by atoms with E-state index in [4.69, 9.17) is 6.11 Å². The molecule has 0 N–H and O–H groups in total. The molecule has 0 aromatic carbocycles. The topological polar surface area (TPSA) is 29.5 Å². The van der Waals surface area contributed by atoms with Crippen molar-refractivity contribution >= 4 is 5.91 Å². The highest BCUT2D eigenvalue weighted by Gasteiger charge is 2.60. The van der Waals surface area contributed by atoms with Gasteiger partial charge in [0.1, 0.15) is 0 Å². The van der Waals surface area contributed by atoms with Crippen molar-refractivity contribution in [1.82, 2.24) is 4.90 Å². The average Bonchev–Trinajstić information content (AvgIpc) is 2.69. The molecule has 2 fully saturated rings. The Labute approximate surface area is 99.3 Å². The molecule has 3 nitrogen and oxygen atoms in total. The summed E-state index contributed by atoms with van der Waals surface area (Å²) in [5, 5.41) is 0. The Morgan fingerprint density at radius 2 is 2.18 bits per heavy atom. The summed E-state index contributed by atoms with van der Waals surface area (Å²) in [6.45, 7) is 4.69. The Morgan fingerprint density at radius 1 is 1.59 bits per heavy atom. The zero-order chi connectivity index (χ0) is 13.9. The molecule has 2 aliphatic heterocycles. The standard InChI is InChI=1S/C11H16F3NO2/c1-6(2)10-4-8(7(3)17-10)15(5-10)9(16)11(12,13)14/h6-8H,4-5H2,1-3H3/t7-,8-,10?/m0/s1/i6D. The van der Waals surface area contributed by atoms with Crippen molar-refractivity contribution in [3.05, 3.63) is 0 Å². The van der Waals surface area contributed by atoms with Gasteiger partial charge in [0.2, 0.25) is 0 Å². The predicted molar refractivity (Wildman–Crippen MR) is 54.3 cm³/mol. The quantitative estimate of drug-likeness (QED) is 0.714. The van der Waals surface area contributed by atoms with Crippen LogP contribution in [0.4, 0.5) is 13.2 Å². The van der Waals surface area contributed by atoms with Crippen molar-refractivity contribution in [2.75, 3.05) is 6.54 Å². The van der Waals surface area contributed by atoms with Crippen molar-refractivity contribution in [2.45, 2.75) is 51.1 Å². The molecule has 98 valence electrons. The first-order valence-electron chi connectivity index (χ1n) is 6.03. The Morgan fingerprint density at radius 3 is 2.59 bits per heavy atom. The van der Waals surface area contributed by atoms with Gasteiger partial charge in [0.05, 0.1) is 24.3 Å². The van der Waals surface area contributed by atoms with Crippen LogP contribution in [0.5, 0.6) is 0 Å². The molecular weight excluding hydrogens is 235 g/mol. The molecule has 0 aromatic heterocycles. The summed E-state index contributed by atoms with van der Waals surface area (Å²) >= 11 is 0. The number of halogens is 3. The van der Waals surface area contributed by atoms with Gasteiger partial charge in [-0.2, -0.15) is 13.2 Å². The SMILES string of the molecule is [2H]C(C)(C)C12C[C@@H]([C@H](C)O1)N(C(=O)C(F)(F)F)C2. The van der Waals surface area contributed by atoms with Crippen LogP contribution in [0.3, 0.4) is 0 Å². The molecule has 2 rings (SSSR count). The number of amides is 1. The van der Waals surface area contributed by atoms with Crippen LogP contribution < -0.4 is 0 Å². The molecule has 2 heterocycles. The Bertz CT molecular complexity index is 379. The van der Waals surface area contributed by atoms with E-state index >= 15 is 0 Å². The number of alkyl halides is 3. The van der Waals surface area contributed by atoms with Crippen LogP contribution in [-0.4, -0.2) is 41.3 Å². The Balaban J connectivity index is 2.28. The summed E-state index contributed by atoms with van der Waals surface area (Å²) in [5.74, 6) is -2.87. The first-order valence-corrected chi connectivity index (χ1v) is 5.53. The zero-order valence-corrected chi connectivity index (χ0v) is 9.97. The highest BCUT2D eigenvalue weighted by Crippen LogP contribution is 2.46. The molecular formula is C11H16F3NO2. The van der Waals surface area contributed by atoms with E-state index in [9.17, 15) is 18.0 Å². The van der Waals surface area contributed by atoms with Crippen molar-refractivity contribution in [2.24, 2.45) is 5.89 Å². The number of carbonyl (C=O) groups is 1. The molecule has 2 aliphatic rings. The van der Waals surface area contributed by atoms with E-state index < -0.39 is 35.7 Å². The highest BCUT2D eigenvalue weighted by molar-refractivity contribution is 5.82. The average molecular weight is 252 g/mol. The predicted octanol–water partition coefficient (Wildman–Crippen LogP) is 1.96. The normalized spacial score (nSPS) is 38.5. The second kappa shape index (κ2) is 3.60. The number of fused-ring (bicyclic) bond motifs is 2. The van der Waals surface area contributed by atoms with Crippen LogP contribution >= 0.6 is 0 Å². The number of hydrogen-bond acceptors (Lipinski definition) is 2. The lowest BCUT2D eigenvalue weighted by Gasteiger charge is -2.38. The lowest BCUT2D eigenvalue weighted by Crippen LogP contribution is -2.54. The zero-order valence-electron chi connectivity index (χ0n) is 11.0. The van der Waals surface area contributed by atoms with Crippen LogP contribution in [0.1, 0.15) is 28.6 Å². The summed E-state index contributed by atoms with van der Waals surface area (Å²) in [7, 11) is 0. The maximum Gasteiger partial charge on any atom is 0.471 e. The molecule has 17 heavy (non-hydrogen) atoms. The van der Waals surface area contributed by atoms with Crippen LogP contribution in [0.2, 0.25) is 0 Å². The number of likely N-dealkylation sites (tertiary alicyclic amines) is 1. The fraction of sp³-hybridized carbons (Fsp3) is 0.909. The molecule has 0 spiro atoms. The fourth-order valence-corrected chi connectivity index (χ4v) is 2.71. The number of ether oxygens (including phenoxy) is 1. The van der Waals surface area contributed by atoms with E-state index in [0.717, 1.165) is 4.90 Å². The minimum Gasteiger partial charge on any atom is -0.368 e. The molecule has 6 heteroatoms. The molecule has 0 aliphatic carbocycles. The van der Waals surface area contributed by atoms with Gasteiger partial charge in [0, 0.05) is 7.79 Å². The molecule has 3 atom stereocenters. The first-order chi connectivity index (χ1) is 7.98. The number of morpholine rings is 1. The van der Waals surface area contributed by atoms with E-state index in [1.165, 1.54) is 0 Å². The molecule has 0 aromatic rings. The van der Waals surface area contributed by atoms with Crippen LogP contribution in [0, 0.1) is 5.89 Å². The molecule has 1 unspecified atom stereocenters. The van der Waals surface area contributed by atoms with Crippen molar-refractivity contribution in [1.29, 1.82) is 0 Å². The highest BCUT2D eigenvalue weighted by atomic mass is 19.4. The summed E-state index contributed by atoms with van der Waals surface area (Å²) in [6.07, 6.45) is -5.03. The number of carbonyl (C=O) groups excluding carboxylic acids is 1. The van der Waals surface area contributed by atoms with Gasteiger partial charge in [0.25, 0.3) is 0 Å². The van der Waals surface area contributed by atoms with Gasteiger partial charge >= 0.3 is 12.1 Å². The third-order valence-corrected chi connectivity index (χ3v) is 3.73. The summed E-state index contributed by atoms with van der Waals surface area (Å²) in [6, 6.07) is -0.580. The number of rotatable bonds is 1. The van der Waals surface area contributed by atoms with E-state index in [0.29, 0.717) is 6.42 Å². The number of hydrogen-bond donors (Lipinski definition) is 0. The second-order valence-corrected chi connectivity index (χ2v) is 5.02. The smallest absolute Gasteiger partial charge is 0.368 e. The third kappa shape index (κ3) is 1.82. The van der Waals surface area contributed by atoms with Gasteiger partial charge in [-0.25, -0.2) is 0 Å². The van der Waals surface area contributed by atoms with Gasteiger partial charge in [-0.05, 0) is 12.8 Å². The van der Waals surface area contributed by atoms with Crippen LogP contribution in [0.15, 0.2) is 0 Å². The molecule has 2 saturated heterocycles. The maximum absolute atomic E-state index is 12.5. The van der Waals surface area contributed by atoms with Gasteiger partial charge in [-0.1, -0.05) is 13.8 Å². The minimum atomic E-state index is -4.86. The molecule has 0 radical (unpaired) electrons. The Kier molecular flexibility index (Phi) is 2.40. The maximum atomic E-state index is 12.5. The second-order valence-electron chi connectivity index (χ2n) is 5.02. The van der Waals surface area contributed by atoms with Crippen LogP contribution in [-0.2, 0) is 9.53 Å². The summed E-state index contributed by atoms with van der Waals surface area (Å²) in [5.41, 5.74) is -0.988. The van der Waals surface area contributed by atoms with Crippen molar-refractivity contribution in [3.8, 4) is 0 Å². The fourth-order valence-electron chi connectivity index (χ4n) is 2.71. The summed E-state index contributed by atoms with van der Waals surface area (Å²) in [4.78, 5) is 12.2. The largest absolute Gasteiger partial charge is 0.471 e. The molecule has 2 bridgehead atoms. The molecule has 1 amide bonds. The lowest BCUT2D eigenvalue weighted by atomic mass is 9.89. The van der Waals surface area contributed by atoms with E-state index in [1.807, 2.05) is 0 Å². The van der Waals surface area contributed by atoms with E-state index in [2.05, 4.69) is 0 Å². The van der Waals surface area contributed by atoms with Crippen molar-refractivity contribution < 1.29 is 24.1 Å². The molecule has 0 saturated carbocycles. The summed E-state index contributed by atoms with van der Waals surface area (Å²) < 4.78 is 51.2. The van der Waals surface area contributed by atoms with Crippen LogP contribution in [0.25, 0.3) is 0 Å². The third-order valence-electron chi connectivity index (χ3n) is 3.73. The van der Waals surface area contributed by atoms with Gasteiger partial charge in [0.15, 0.2) is 0 Å². The first kappa shape index (κ1) is 11.3. The van der Waals surface area contributed by atoms with E-state index in [1.54, 1.807) is 20.8 Å².